The van der Waals surface area contributed by atoms with E-state index < -0.39 is 0 Å². The first-order valence-electron chi connectivity index (χ1n) is 15.6. The number of rotatable bonds is 2. The van der Waals surface area contributed by atoms with Crippen LogP contribution in [0.25, 0.3) is 77.4 Å². The lowest BCUT2D eigenvalue weighted by molar-refractivity contribution is 1.14. The Bertz CT molecular complexity index is 2550. The van der Waals surface area contributed by atoms with Gasteiger partial charge < -0.3 is 9.13 Å². The van der Waals surface area contributed by atoms with Gasteiger partial charge in [0.05, 0.1) is 16.7 Å². The van der Waals surface area contributed by atoms with Crippen LogP contribution in [0.3, 0.4) is 0 Å². The van der Waals surface area contributed by atoms with Crippen molar-refractivity contribution in [3.63, 3.8) is 0 Å². The molecule has 0 bridgehead atoms. The average molecular weight is 569 g/mol. The largest absolute Gasteiger partial charge is 0.310 e. The topological polar surface area (TPSA) is 22.8 Å². The van der Waals surface area contributed by atoms with Crippen molar-refractivity contribution < 1.29 is 0 Å². The van der Waals surface area contributed by atoms with Gasteiger partial charge in [0.1, 0.15) is 0 Å². The minimum Gasteiger partial charge on any atom is -0.310 e. The summed E-state index contributed by atoms with van der Waals surface area (Å²) in [6.07, 6.45) is 1.86. The van der Waals surface area contributed by atoms with Gasteiger partial charge in [-0.2, -0.15) is 0 Å². The molecule has 206 valence electrons. The van der Waals surface area contributed by atoms with E-state index in [1.54, 1.807) is 0 Å². The maximum absolute atomic E-state index is 4.58. The van der Waals surface area contributed by atoms with Crippen LogP contribution in [-0.4, -0.2) is 20.8 Å². The molecule has 4 heteroatoms. The third kappa shape index (κ3) is 2.94. The summed E-state index contributed by atoms with van der Waals surface area (Å²) in [6.45, 7) is 0.150. The monoisotopic (exact) mass is 569 g/mol. The van der Waals surface area contributed by atoms with Crippen LogP contribution in [0, 0.1) is 0 Å². The minimum atomic E-state index is 0.150. The predicted molar refractivity (Wildman–Crippen MR) is 188 cm³/mol. The molecule has 3 nitrogen and oxygen atoms in total. The van der Waals surface area contributed by atoms with Crippen molar-refractivity contribution >= 4 is 66.7 Å². The van der Waals surface area contributed by atoms with Crippen molar-refractivity contribution in [1.29, 1.82) is 0 Å². The molecule has 0 atom stereocenters. The zero-order chi connectivity index (χ0) is 29.2. The Morgan fingerprint density at radius 2 is 0.978 bits per heavy atom. The van der Waals surface area contributed by atoms with Gasteiger partial charge in [-0.05, 0) is 63.9 Å². The molecule has 9 aromatic rings. The van der Waals surface area contributed by atoms with E-state index in [1.807, 2.05) is 18.3 Å². The van der Waals surface area contributed by atoms with Crippen molar-refractivity contribution in [2.24, 2.45) is 0 Å². The summed E-state index contributed by atoms with van der Waals surface area (Å²) in [7, 11) is 0. The van der Waals surface area contributed by atoms with Crippen molar-refractivity contribution in [3.8, 4) is 33.8 Å². The van der Waals surface area contributed by atoms with Crippen LogP contribution in [0.4, 0.5) is 0 Å². The maximum Gasteiger partial charge on any atom is 0.252 e. The predicted octanol–water partition coefficient (Wildman–Crippen LogP) is 7.75. The Balaban J connectivity index is 1.29. The first kappa shape index (κ1) is 23.6. The SMILES string of the molecule is c1ccc(-c2ccc(-c3cc4c5c(c3)-n3c6ccccc6c6cccc(c63)B5c3cccc5c6ccccc6n-4c35)cc2)nc1. The van der Waals surface area contributed by atoms with E-state index in [4.69, 9.17) is 0 Å². The lowest BCUT2D eigenvalue weighted by Crippen LogP contribution is -2.59. The van der Waals surface area contributed by atoms with E-state index in [-0.39, 0.29) is 6.71 Å². The molecule has 2 aliphatic rings. The molecular formula is C41H24BN3. The van der Waals surface area contributed by atoms with Crippen LogP contribution in [-0.2, 0) is 0 Å². The highest BCUT2D eigenvalue weighted by atomic mass is 15.0. The van der Waals surface area contributed by atoms with Crippen molar-refractivity contribution in [2.45, 2.75) is 0 Å². The molecule has 0 aliphatic carbocycles. The number of benzene rings is 6. The first-order valence-corrected chi connectivity index (χ1v) is 15.6. The molecular weight excluding hydrogens is 545 g/mol. The average Bonchev–Trinajstić information content (AvgIpc) is 3.63. The summed E-state index contributed by atoms with van der Waals surface area (Å²) < 4.78 is 5.08. The fourth-order valence-electron chi connectivity index (χ4n) is 8.36. The van der Waals surface area contributed by atoms with Gasteiger partial charge in [-0.1, -0.05) is 103 Å². The van der Waals surface area contributed by atoms with Gasteiger partial charge in [-0.25, -0.2) is 0 Å². The van der Waals surface area contributed by atoms with Crippen LogP contribution in [0.5, 0.6) is 0 Å². The van der Waals surface area contributed by atoms with Gasteiger partial charge >= 0.3 is 0 Å². The molecule has 2 aliphatic heterocycles. The molecule has 0 saturated heterocycles. The van der Waals surface area contributed by atoms with Crippen LogP contribution in [0.1, 0.15) is 0 Å². The molecule has 11 rings (SSSR count). The van der Waals surface area contributed by atoms with Crippen LogP contribution in [0.15, 0.2) is 146 Å². The summed E-state index contributed by atoms with van der Waals surface area (Å²) in [5.74, 6) is 0. The Morgan fingerprint density at radius 3 is 1.56 bits per heavy atom. The second-order valence-electron chi connectivity index (χ2n) is 12.3. The summed E-state index contributed by atoms with van der Waals surface area (Å²) in [5.41, 5.74) is 16.4. The summed E-state index contributed by atoms with van der Waals surface area (Å²) in [4.78, 5) is 4.58. The third-order valence-corrected chi connectivity index (χ3v) is 10.2. The molecule has 3 aromatic heterocycles. The number of hydrogen-bond donors (Lipinski definition) is 0. The van der Waals surface area contributed by atoms with Gasteiger partial charge in [0.2, 0.25) is 0 Å². The Kier molecular flexibility index (Phi) is 4.40. The molecule has 0 radical (unpaired) electrons. The number of fused-ring (bicyclic) bond motifs is 10. The van der Waals surface area contributed by atoms with Gasteiger partial charge in [0, 0.05) is 55.7 Å². The number of aromatic nitrogens is 3. The van der Waals surface area contributed by atoms with E-state index in [0.29, 0.717) is 0 Å². The fourth-order valence-corrected chi connectivity index (χ4v) is 8.36. The highest BCUT2D eigenvalue weighted by molar-refractivity contribution is 7.00. The van der Waals surface area contributed by atoms with Gasteiger partial charge in [0.15, 0.2) is 0 Å². The molecule has 0 unspecified atom stereocenters. The molecule has 0 amide bonds. The van der Waals surface area contributed by atoms with Crippen molar-refractivity contribution in [3.05, 3.63) is 146 Å². The standard InChI is InChI=1S/C41H24BN3/c1-3-16-35-28(9-1)30-11-7-13-32-40(30)44(35)37-23-27(25-18-20-26(21-19-25)34-15-5-6-22-43-34)24-38-39(37)42(32)33-14-8-12-31-29-10-2-4-17-36(29)45(38)41(31)33/h1-24H. The summed E-state index contributed by atoms with van der Waals surface area (Å²) in [6, 6.07) is 51.4. The maximum atomic E-state index is 4.58. The van der Waals surface area contributed by atoms with Crippen LogP contribution >= 0.6 is 0 Å². The summed E-state index contributed by atoms with van der Waals surface area (Å²) >= 11 is 0. The summed E-state index contributed by atoms with van der Waals surface area (Å²) in [5, 5.41) is 5.24. The molecule has 0 fully saturated rings. The number of nitrogens with zero attached hydrogens (tertiary/aromatic N) is 3. The Morgan fingerprint density at radius 1 is 0.444 bits per heavy atom. The molecule has 6 aromatic carbocycles. The quantitative estimate of drug-likeness (QED) is 0.195. The van der Waals surface area contributed by atoms with Gasteiger partial charge in [-0.3, -0.25) is 4.98 Å². The first-order chi connectivity index (χ1) is 22.3. The van der Waals surface area contributed by atoms with E-state index in [2.05, 4.69) is 142 Å². The van der Waals surface area contributed by atoms with Gasteiger partial charge in [-0.15, -0.1) is 0 Å². The number of hydrogen-bond acceptors (Lipinski definition) is 1. The van der Waals surface area contributed by atoms with Crippen LogP contribution < -0.4 is 16.4 Å². The fraction of sp³-hybridized carbons (Fsp3) is 0. The normalized spacial score (nSPS) is 12.8. The van der Waals surface area contributed by atoms with Crippen molar-refractivity contribution in [1.82, 2.24) is 14.1 Å². The van der Waals surface area contributed by atoms with E-state index in [9.17, 15) is 0 Å². The zero-order valence-corrected chi connectivity index (χ0v) is 24.3. The van der Waals surface area contributed by atoms with E-state index in [0.717, 1.165) is 11.3 Å². The van der Waals surface area contributed by atoms with Crippen LogP contribution in [0.2, 0.25) is 0 Å². The lowest BCUT2D eigenvalue weighted by atomic mass is 9.34. The second kappa shape index (κ2) is 8.40. The van der Waals surface area contributed by atoms with E-state index >= 15 is 0 Å². The number of para-hydroxylation sites is 4. The highest BCUT2D eigenvalue weighted by Gasteiger charge is 2.40. The van der Waals surface area contributed by atoms with Gasteiger partial charge in [0.25, 0.3) is 6.71 Å². The Hall–Kier alpha value is -5.87. The minimum absolute atomic E-state index is 0.150. The number of pyridine rings is 1. The lowest BCUT2D eigenvalue weighted by Gasteiger charge is -2.34. The zero-order valence-electron chi connectivity index (χ0n) is 24.3. The smallest absolute Gasteiger partial charge is 0.252 e. The molecule has 45 heavy (non-hydrogen) atoms. The molecule has 0 N–H and O–H groups in total. The highest BCUT2D eigenvalue weighted by Crippen LogP contribution is 2.40. The molecule has 5 heterocycles. The Labute approximate surface area is 259 Å². The second-order valence-corrected chi connectivity index (χ2v) is 12.3. The van der Waals surface area contributed by atoms with Crippen molar-refractivity contribution in [2.75, 3.05) is 0 Å². The molecule has 0 saturated carbocycles. The molecule has 0 spiro atoms. The third-order valence-electron chi connectivity index (χ3n) is 10.2. The van der Waals surface area contributed by atoms with E-state index in [1.165, 1.54) is 82.5 Å².